The van der Waals surface area contributed by atoms with E-state index in [0.29, 0.717) is 6.54 Å². The van der Waals surface area contributed by atoms with Crippen molar-refractivity contribution in [2.75, 3.05) is 18.0 Å². The maximum Gasteiger partial charge on any atom is 0.0423 e. The normalized spacial score (nSPS) is 20.3. The molecule has 0 bridgehead atoms. The molecule has 2 rings (SSSR count). The van der Waals surface area contributed by atoms with Crippen LogP contribution < -0.4 is 10.6 Å². The van der Waals surface area contributed by atoms with Crippen LogP contribution in [0.2, 0.25) is 0 Å². The van der Waals surface area contributed by atoms with Crippen LogP contribution >= 0.6 is 15.9 Å². The second kappa shape index (κ2) is 5.40. The molecule has 0 saturated carbocycles. The van der Waals surface area contributed by atoms with Gasteiger partial charge in [-0.15, -0.1) is 0 Å². The van der Waals surface area contributed by atoms with Gasteiger partial charge in [-0.05, 0) is 36.0 Å². The maximum absolute atomic E-state index is 5.82. The highest BCUT2D eigenvalue weighted by atomic mass is 79.9. The van der Waals surface area contributed by atoms with Gasteiger partial charge in [-0.3, -0.25) is 0 Å². The van der Waals surface area contributed by atoms with Crippen LogP contribution in [0.3, 0.4) is 0 Å². The molecular formula is C14H21BrN2. The minimum absolute atomic E-state index is 0.617. The topological polar surface area (TPSA) is 29.3 Å². The zero-order valence-corrected chi connectivity index (χ0v) is 12.2. The zero-order valence-electron chi connectivity index (χ0n) is 10.6. The third-order valence-corrected chi connectivity index (χ3v) is 4.27. The van der Waals surface area contributed by atoms with Crippen LogP contribution in [0.5, 0.6) is 0 Å². The summed E-state index contributed by atoms with van der Waals surface area (Å²) in [6, 6.07) is 6.40. The van der Waals surface area contributed by atoms with E-state index in [-0.39, 0.29) is 0 Å². The fourth-order valence-electron chi connectivity index (χ4n) is 2.55. The van der Waals surface area contributed by atoms with Crippen LogP contribution in [0.15, 0.2) is 22.7 Å². The molecule has 1 aliphatic rings. The molecule has 0 aromatic heterocycles. The predicted molar refractivity (Wildman–Crippen MR) is 77.2 cm³/mol. The standard InChI is InChI=1S/C14H21BrN2/c1-10(2)12-5-6-17(9-12)14-7-13(15)4-3-11(14)8-16/h3-4,7,10,12H,5-6,8-9,16H2,1-2H3. The number of anilines is 1. The summed E-state index contributed by atoms with van der Waals surface area (Å²) in [7, 11) is 0. The van der Waals surface area contributed by atoms with Crippen molar-refractivity contribution >= 4 is 21.6 Å². The summed E-state index contributed by atoms with van der Waals surface area (Å²) >= 11 is 3.55. The van der Waals surface area contributed by atoms with Crippen molar-refractivity contribution in [2.24, 2.45) is 17.6 Å². The number of benzene rings is 1. The number of hydrogen-bond acceptors (Lipinski definition) is 2. The molecule has 0 spiro atoms. The Morgan fingerprint density at radius 3 is 2.82 bits per heavy atom. The molecule has 2 N–H and O–H groups in total. The van der Waals surface area contributed by atoms with E-state index in [0.717, 1.165) is 22.9 Å². The van der Waals surface area contributed by atoms with Crippen LogP contribution in [0.25, 0.3) is 0 Å². The van der Waals surface area contributed by atoms with Crippen LogP contribution in [-0.2, 0) is 6.54 Å². The van der Waals surface area contributed by atoms with Gasteiger partial charge in [0.2, 0.25) is 0 Å². The predicted octanol–water partition coefficient (Wildman–Crippen LogP) is 3.39. The molecule has 1 saturated heterocycles. The average Bonchev–Trinajstić information content (AvgIpc) is 2.78. The van der Waals surface area contributed by atoms with Crippen molar-refractivity contribution in [1.29, 1.82) is 0 Å². The molecule has 1 aliphatic heterocycles. The van der Waals surface area contributed by atoms with Gasteiger partial charge in [0.15, 0.2) is 0 Å². The largest absolute Gasteiger partial charge is 0.371 e. The summed E-state index contributed by atoms with van der Waals surface area (Å²) in [5.41, 5.74) is 8.38. The van der Waals surface area contributed by atoms with Gasteiger partial charge in [0.05, 0.1) is 0 Å². The molecule has 1 atom stereocenters. The maximum atomic E-state index is 5.82. The summed E-state index contributed by atoms with van der Waals surface area (Å²) < 4.78 is 1.14. The van der Waals surface area contributed by atoms with E-state index in [2.05, 4.69) is 52.9 Å². The molecule has 2 nitrogen and oxygen atoms in total. The highest BCUT2D eigenvalue weighted by Gasteiger charge is 2.26. The molecular weight excluding hydrogens is 276 g/mol. The Balaban J connectivity index is 2.20. The van der Waals surface area contributed by atoms with E-state index in [4.69, 9.17) is 5.73 Å². The summed E-state index contributed by atoms with van der Waals surface area (Å²) in [6.45, 7) is 7.58. The van der Waals surface area contributed by atoms with Gasteiger partial charge in [-0.1, -0.05) is 35.8 Å². The zero-order chi connectivity index (χ0) is 12.4. The Hall–Kier alpha value is -0.540. The first-order chi connectivity index (χ1) is 8.11. The van der Waals surface area contributed by atoms with E-state index in [1.54, 1.807) is 0 Å². The number of hydrogen-bond donors (Lipinski definition) is 1. The SMILES string of the molecule is CC(C)C1CCN(c2cc(Br)ccc2CN)C1. The van der Waals surface area contributed by atoms with Crippen molar-refractivity contribution in [1.82, 2.24) is 0 Å². The third-order valence-electron chi connectivity index (χ3n) is 3.78. The first-order valence-electron chi connectivity index (χ1n) is 6.35. The lowest BCUT2D eigenvalue weighted by Gasteiger charge is -2.23. The van der Waals surface area contributed by atoms with Gasteiger partial charge in [0.1, 0.15) is 0 Å². The van der Waals surface area contributed by atoms with Crippen molar-refractivity contribution in [3.8, 4) is 0 Å². The van der Waals surface area contributed by atoms with E-state index in [9.17, 15) is 0 Å². The van der Waals surface area contributed by atoms with Crippen LogP contribution in [0, 0.1) is 11.8 Å². The molecule has 1 aromatic carbocycles. The minimum atomic E-state index is 0.617. The Morgan fingerprint density at radius 1 is 1.47 bits per heavy atom. The highest BCUT2D eigenvalue weighted by molar-refractivity contribution is 9.10. The Bertz CT molecular complexity index is 390. The lowest BCUT2D eigenvalue weighted by atomic mass is 9.95. The fraction of sp³-hybridized carbons (Fsp3) is 0.571. The lowest BCUT2D eigenvalue weighted by Crippen LogP contribution is -2.23. The van der Waals surface area contributed by atoms with Gasteiger partial charge < -0.3 is 10.6 Å². The number of halogens is 1. The summed E-state index contributed by atoms with van der Waals surface area (Å²) in [5.74, 6) is 1.59. The second-order valence-electron chi connectivity index (χ2n) is 5.22. The number of rotatable bonds is 3. The lowest BCUT2D eigenvalue weighted by molar-refractivity contribution is 0.422. The first kappa shape index (κ1) is 12.9. The quantitative estimate of drug-likeness (QED) is 0.926. The second-order valence-corrected chi connectivity index (χ2v) is 6.13. The van der Waals surface area contributed by atoms with E-state index < -0.39 is 0 Å². The van der Waals surface area contributed by atoms with Crippen molar-refractivity contribution in [3.63, 3.8) is 0 Å². The molecule has 1 fully saturated rings. The average molecular weight is 297 g/mol. The molecule has 1 unspecified atom stereocenters. The molecule has 0 radical (unpaired) electrons. The van der Waals surface area contributed by atoms with E-state index in [1.165, 1.54) is 24.2 Å². The number of nitrogens with zero attached hydrogens (tertiary/aromatic N) is 1. The fourth-order valence-corrected chi connectivity index (χ4v) is 2.90. The molecule has 0 amide bonds. The van der Waals surface area contributed by atoms with Crippen molar-refractivity contribution < 1.29 is 0 Å². The van der Waals surface area contributed by atoms with Gasteiger partial charge in [-0.25, -0.2) is 0 Å². The van der Waals surface area contributed by atoms with Crippen LogP contribution in [0.1, 0.15) is 25.8 Å². The van der Waals surface area contributed by atoms with Crippen molar-refractivity contribution in [2.45, 2.75) is 26.8 Å². The molecule has 0 aliphatic carbocycles. The first-order valence-corrected chi connectivity index (χ1v) is 7.14. The number of nitrogens with two attached hydrogens (primary N) is 1. The van der Waals surface area contributed by atoms with Gasteiger partial charge >= 0.3 is 0 Å². The summed E-state index contributed by atoms with van der Waals surface area (Å²) in [4.78, 5) is 2.48. The van der Waals surface area contributed by atoms with Crippen LogP contribution in [0.4, 0.5) is 5.69 Å². The Labute approximate surface area is 112 Å². The van der Waals surface area contributed by atoms with Gasteiger partial charge in [0, 0.05) is 29.8 Å². The smallest absolute Gasteiger partial charge is 0.0423 e. The minimum Gasteiger partial charge on any atom is -0.371 e. The monoisotopic (exact) mass is 296 g/mol. The van der Waals surface area contributed by atoms with Gasteiger partial charge in [-0.2, -0.15) is 0 Å². The highest BCUT2D eigenvalue weighted by Crippen LogP contribution is 2.32. The Morgan fingerprint density at radius 2 is 2.24 bits per heavy atom. The third kappa shape index (κ3) is 2.83. The molecule has 17 heavy (non-hydrogen) atoms. The molecule has 1 aromatic rings. The molecule has 94 valence electrons. The van der Waals surface area contributed by atoms with Crippen LogP contribution in [-0.4, -0.2) is 13.1 Å². The van der Waals surface area contributed by atoms with Crippen molar-refractivity contribution in [3.05, 3.63) is 28.2 Å². The summed E-state index contributed by atoms with van der Waals surface area (Å²) in [5, 5.41) is 0. The Kier molecular flexibility index (Phi) is 4.10. The molecule has 1 heterocycles. The molecule has 3 heteroatoms. The van der Waals surface area contributed by atoms with E-state index >= 15 is 0 Å². The summed E-state index contributed by atoms with van der Waals surface area (Å²) in [6.07, 6.45) is 1.30. The van der Waals surface area contributed by atoms with E-state index in [1.807, 2.05) is 0 Å². The van der Waals surface area contributed by atoms with Gasteiger partial charge in [0.25, 0.3) is 0 Å².